The molecule has 0 aliphatic heterocycles. The van der Waals surface area contributed by atoms with E-state index in [1.54, 1.807) is 0 Å². The van der Waals surface area contributed by atoms with Crippen LogP contribution in [0, 0.1) is 10.1 Å². The smallest absolute Gasteiger partial charge is 0.311 e. The second kappa shape index (κ2) is 7.07. The van der Waals surface area contributed by atoms with Crippen LogP contribution in [0.3, 0.4) is 0 Å². The molecular weight excluding hydrogens is 268 g/mol. The highest BCUT2D eigenvalue weighted by atomic mass is 16.6. The van der Waals surface area contributed by atoms with Crippen molar-refractivity contribution in [2.75, 3.05) is 6.61 Å². The summed E-state index contributed by atoms with van der Waals surface area (Å²) in [6.45, 7) is 0.157. The second-order valence-corrected chi connectivity index (χ2v) is 4.00. The van der Waals surface area contributed by atoms with E-state index in [4.69, 9.17) is 15.6 Å². The molecule has 0 aromatic heterocycles. The van der Waals surface area contributed by atoms with E-state index < -0.39 is 16.8 Å². The van der Waals surface area contributed by atoms with Crippen molar-refractivity contribution in [3.05, 3.63) is 33.9 Å². The SMILES string of the molecule is NC(=O)c1ccc(OCCCCC(=O)O)c([N+](=O)[O-])c1. The maximum atomic E-state index is 11.0. The Labute approximate surface area is 114 Å². The molecule has 0 aliphatic rings. The fourth-order valence-electron chi connectivity index (χ4n) is 1.50. The van der Waals surface area contributed by atoms with Gasteiger partial charge in [-0.2, -0.15) is 0 Å². The summed E-state index contributed by atoms with van der Waals surface area (Å²) in [5, 5.41) is 19.3. The number of rotatable bonds is 8. The first-order valence-electron chi connectivity index (χ1n) is 5.84. The third-order valence-electron chi connectivity index (χ3n) is 2.48. The minimum absolute atomic E-state index is 0.0199. The Bertz CT molecular complexity index is 529. The summed E-state index contributed by atoms with van der Waals surface area (Å²) in [6.07, 6.45) is 0.898. The van der Waals surface area contributed by atoms with E-state index in [1.165, 1.54) is 12.1 Å². The van der Waals surface area contributed by atoms with Crippen LogP contribution in [0.2, 0.25) is 0 Å². The lowest BCUT2D eigenvalue weighted by atomic mass is 10.2. The van der Waals surface area contributed by atoms with Gasteiger partial charge in [0.2, 0.25) is 5.91 Å². The van der Waals surface area contributed by atoms with Crippen molar-refractivity contribution >= 4 is 17.6 Å². The molecule has 0 atom stereocenters. The number of nitro benzene ring substituents is 1. The number of hydrogen-bond acceptors (Lipinski definition) is 5. The molecule has 3 N–H and O–H groups in total. The summed E-state index contributed by atoms with van der Waals surface area (Å²) in [4.78, 5) is 31.5. The van der Waals surface area contributed by atoms with E-state index >= 15 is 0 Å². The molecule has 8 heteroatoms. The summed E-state index contributed by atoms with van der Waals surface area (Å²) in [5.74, 6) is -1.64. The van der Waals surface area contributed by atoms with Gasteiger partial charge >= 0.3 is 11.7 Å². The zero-order valence-electron chi connectivity index (χ0n) is 10.6. The molecule has 0 unspecified atom stereocenters. The molecule has 0 radical (unpaired) electrons. The number of unbranched alkanes of at least 4 members (excludes halogenated alkanes) is 1. The van der Waals surface area contributed by atoms with Gasteiger partial charge in [0.15, 0.2) is 5.75 Å². The molecule has 108 valence electrons. The zero-order chi connectivity index (χ0) is 15.1. The lowest BCUT2D eigenvalue weighted by molar-refractivity contribution is -0.385. The number of nitrogens with zero attached hydrogens (tertiary/aromatic N) is 1. The molecule has 0 saturated heterocycles. The molecule has 0 bridgehead atoms. The molecule has 0 heterocycles. The predicted octanol–water partition coefficient (Wildman–Crippen LogP) is 1.33. The number of amides is 1. The quantitative estimate of drug-likeness (QED) is 0.419. The van der Waals surface area contributed by atoms with Crippen LogP contribution >= 0.6 is 0 Å². The Balaban J connectivity index is 2.67. The highest BCUT2D eigenvalue weighted by molar-refractivity contribution is 5.93. The first-order chi connectivity index (χ1) is 9.41. The first-order valence-corrected chi connectivity index (χ1v) is 5.84. The largest absolute Gasteiger partial charge is 0.487 e. The number of carboxylic acids is 1. The van der Waals surface area contributed by atoms with Crippen LogP contribution < -0.4 is 10.5 Å². The van der Waals surface area contributed by atoms with Crippen molar-refractivity contribution < 1.29 is 24.4 Å². The van der Waals surface area contributed by atoms with Crippen LogP contribution in [0.5, 0.6) is 5.75 Å². The third-order valence-corrected chi connectivity index (χ3v) is 2.48. The number of ether oxygens (including phenoxy) is 1. The van der Waals surface area contributed by atoms with E-state index in [2.05, 4.69) is 0 Å². The molecule has 1 aromatic rings. The van der Waals surface area contributed by atoms with Crippen LogP contribution in [0.1, 0.15) is 29.6 Å². The monoisotopic (exact) mass is 282 g/mol. The van der Waals surface area contributed by atoms with Gasteiger partial charge in [-0.15, -0.1) is 0 Å². The van der Waals surface area contributed by atoms with Crippen molar-refractivity contribution in [3.8, 4) is 5.75 Å². The number of carbonyl (C=O) groups excluding carboxylic acids is 1. The van der Waals surface area contributed by atoms with Crippen LogP contribution in [0.4, 0.5) is 5.69 Å². The number of benzene rings is 1. The Hall–Kier alpha value is -2.64. The van der Waals surface area contributed by atoms with Crippen molar-refractivity contribution in [2.24, 2.45) is 5.73 Å². The van der Waals surface area contributed by atoms with E-state index in [0.29, 0.717) is 12.8 Å². The number of carbonyl (C=O) groups is 2. The molecule has 20 heavy (non-hydrogen) atoms. The molecule has 0 spiro atoms. The van der Waals surface area contributed by atoms with Gasteiger partial charge in [-0.3, -0.25) is 19.7 Å². The Kier molecular flexibility index (Phi) is 5.45. The summed E-state index contributed by atoms with van der Waals surface area (Å²) in [5.41, 5.74) is 4.72. The summed E-state index contributed by atoms with van der Waals surface area (Å²) < 4.78 is 5.23. The molecule has 1 rings (SSSR count). The van der Waals surface area contributed by atoms with Crippen molar-refractivity contribution in [3.63, 3.8) is 0 Å². The fraction of sp³-hybridized carbons (Fsp3) is 0.333. The second-order valence-electron chi connectivity index (χ2n) is 4.00. The summed E-state index contributed by atoms with van der Waals surface area (Å²) >= 11 is 0. The molecular formula is C12H14N2O6. The maximum Gasteiger partial charge on any atom is 0.311 e. The van der Waals surface area contributed by atoms with Crippen LogP contribution in [0.25, 0.3) is 0 Å². The number of nitrogens with two attached hydrogens (primary N) is 1. The van der Waals surface area contributed by atoms with Gasteiger partial charge in [0.1, 0.15) is 0 Å². The minimum Gasteiger partial charge on any atom is -0.487 e. The molecule has 1 aromatic carbocycles. The van der Waals surface area contributed by atoms with E-state index in [0.717, 1.165) is 6.07 Å². The standard InChI is InChI=1S/C12H14N2O6/c13-12(17)8-4-5-10(9(7-8)14(18)19)20-6-2-1-3-11(15)16/h4-5,7H,1-3,6H2,(H2,13,17)(H,15,16). The predicted molar refractivity (Wildman–Crippen MR) is 68.6 cm³/mol. The Morgan fingerprint density at radius 2 is 2.05 bits per heavy atom. The van der Waals surface area contributed by atoms with Crippen LogP contribution in [-0.2, 0) is 4.79 Å². The fourth-order valence-corrected chi connectivity index (χ4v) is 1.50. The molecule has 0 fully saturated rings. The maximum absolute atomic E-state index is 11.0. The lowest BCUT2D eigenvalue weighted by Gasteiger charge is -2.07. The molecule has 0 aliphatic carbocycles. The Morgan fingerprint density at radius 1 is 1.35 bits per heavy atom. The average Bonchev–Trinajstić information content (AvgIpc) is 2.37. The van der Waals surface area contributed by atoms with Gasteiger partial charge in [0.05, 0.1) is 11.5 Å². The number of carboxylic acid groups (broad SMARTS) is 1. The third kappa shape index (κ3) is 4.56. The number of primary amides is 1. The summed E-state index contributed by atoms with van der Waals surface area (Å²) in [7, 11) is 0. The molecule has 0 saturated carbocycles. The number of aliphatic carboxylic acids is 1. The van der Waals surface area contributed by atoms with E-state index in [-0.39, 0.29) is 30.0 Å². The van der Waals surface area contributed by atoms with Crippen LogP contribution in [-0.4, -0.2) is 28.5 Å². The number of hydrogen-bond donors (Lipinski definition) is 2. The lowest BCUT2D eigenvalue weighted by Crippen LogP contribution is -2.11. The number of nitro groups is 1. The van der Waals surface area contributed by atoms with Gasteiger partial charge in [0, 0.05) is 18.1 Å². The van der Waals surface area contributed by atoms with Gasteiger partial charge in [0.25, 0.3) is 0 Å². The van der Waals surface area contributed by atoms with E-state index in [1.807, 2.05) is 0 Å². The van der Waals surface area contributed by atoms with Crippen LogP contribution in [0.15, 0.2) is 18.2 Å². The highest BCUT2D eigenvalue weighted by Gasteiger charge is 2.17. The highest BCUT2D eigenvalue weighted by Crippen LogP contribution is 2.28. The van der Waals surface area contributed by atoms with Gasteiger partial charge in [-0.25, -0.2) is 0 Å². The van der Waals surface area contributed by atoms with Gasteiger partial charge < -0.3 is 15.6 Å². The minimum atomic E-state index is -0.901. The first kappa shape index (κ1) is 15.4. The topological polar surface area (TPSA) is 133 Å². The van der Waals surface area contributed by atoms with Gasteiger partial charge in [-0.05, 0) is 25.0 Å². The van der Waals surface area contributed by atoms with Gasteiger partial charge in [-0.1, -0.05) is 0 Å². The zero-order valence-corrected chi connectivity index (χ0v) is 10.6. The van der Waals surface area contributed by atoms with Crippen molar-refractivity contribution in [1.29, 1.82) is 0 Å². The normalized spacial score (nSPS) is 10.0. The summed E-state index contributed by atoms with van der Waals surface area (Å²) in [6, 6.07) is 3.69. The molecule has 1 amide bonds. The average molecular weight is 282 g/mol. The Morgan fingerprint density at radius 3 is 2.60 bits per heavy atom. The molecule has 8 nitrogen and oxygen atoms in total. The van der Waals surface area contributed by atoms with E-state index in [9.17, 15) is 19.7 Å². The van der Waals surface area contributed by atoms with Crippen molar-refractivity contribution in [1.82, 2.24) is 0 Å². The van der Waals surface area contributed by atoms with Crippen molar-refractivity contribution in [2.45, 2.75) is 19.3 Å².